The van der Waals surface area contributed by atoms with Crippen molar-refractivity contribution < 1.29 is 9.53 Å². The number of ketones is 1. The molecular weight excluding hydrogens is 312 g/mol. The number of hydrogen-bond acceptors (Lipinski definition) is 3. The van der Waals surface area contributed by atoms with E-state index in [4.69, 9.17) is 4.74 Å². The van der Waals surface area contributed by atoms with E-state index in [2.05, 4.69) is 5.10 Å². The highest BCUT2D eigenvalue weighted by Gasteiger charge is 2.09. The Hall–Kier alpha value is -3.14. The molecule has 0 aliphatic carbocycles. The van der Waals surface area contributed by atoms with E-state index in [0.717, 1.165) is 22.6 Å². The van der Waals surface area contributed by atoms with E-state index in [1.165, 1.54) is 0 Å². The number of rotatable bonds is 6. The summed E-state index contributed by atoms with van der Waals surface area (Å²) in [5, 5.41) is 4.19. The average molecular weight is 332 g/mol. The predicted octanol–water partition coefficient (Wildman–Crippen LogP) is 4.20. The minimum absolute atomic E-state index is 0.0463. The largest absolute Gasteiger partial charge is 0.489 e. The number of carbonyl (C=O) groups excluding carboxylic acids is 1. The molecule has 1 aromatic heterocycles. The Balaban J connectivity index is 1.60. The molecule has 3 rings (SSSR count). The minimum Gasteiger partial charge on any atom is -0.489 e. The first-order valence-electron chi connectivity index (χ1n) is 8.11. The van der Waals surface area contributed by atoms with Gasteiger partial charge in [-0.15, -0.1) is 0 Å². The Kier molecular flexibility index (Phi) is 5.09. The molecule has 0 atom stereocenters. The lowest BCUT2D eigenvalue weighted by molar-refractivity contribution is 0.104. The highest BCUT2D eigenvalue weighted by Crippen LogP contribution is 2.16. The van der Waals surface area contributed by atoms with Gasteiger partial charge in [-0.2, -0.15) is 5.10 Å². The third-order valence-corrected chi connectivity index (χ3v) is 3.83. The van der Waals surface area contributed by atoms with Crippen molar-refractivity contribution in [3.05, 3.63) is 89.3 Å². The summed E-state index contributed by atoms with van der Waals surface area (Å²) in [5.41, 5.74) is 3.44. The van der Waals surface area contributed by atoms with E-state index >= 15 is 0 Å². The number of allylic oxidation sites excluding steroid dienone is 1. The third kappa shape index (κ3) is 4.44. The molecule has 0 saturated heterocycles. The summed E-state index contributed by atoms with van der Waals surface area (Å²) in [6.45, 7) is 2.37. The normalized spacial score (nSPS) is 11.0. The van der Waals surface area contributed by atoms with Crippen LogP contribution in [0.4, 0.5) is 0 Å². The molecule has 0 aliphatic heterocycles. The highest BCUT2D eigenvalue weighted by atomic mass is 16.5. The zero-order valence-electron chi connectivity index (χ0n) is 14.3. The number of benzene rings is 2. The molecule has 3 aromatic rings. The molecule has 25 heavy (non-hydrogen) atoms. The van der Waals surface area contributed by atoms with Gasteiger partial charge in [0.15, 0.2) is 5.78 Å². The molecule has 1 heterocycles. The van der Waals surface area contributed by atoms with E-state index in [1.54, 1.807) is 23.0 Å². The summed E-state index contributed by atoms with van der Waals surface area (Å²) in [7, 11) is 1.81. The van der Waals surface area contributed by atoms with Crippen molar-refractivity contribution in [2.75, 3.05) is 0 Å². The maximum atomic E-state index is 12.2. The summed E-state index contributed by atoms with van der Waals surface area (Å²) in [4.78, 5) is 12.2. The van der Waals surface area contributed by atoms with Crippen LogP contribution in [0.5, 0.6) is 5.75 Å². The summed E-state index contributed by atoms with van der Waals surface area (Å²) < 4.78 is 7.41. The van der Waals surface area contributed by atoms with Crippen molar-refractivity contribution in [2.24, 2.45) is 7.05 Å². The number of hydrogen-bond donors (Lipinski definition) is 0. The van der Waals surface area contributed by atoms with Crippen LogP contribution in [0.15, 0.2) is 66.9 Å². The Bertz CT molecular complexity index is 878. The Morgan fingerprint density at radius 2 is 1.84 bits per heavy atom. The van der Waals surface area contributed by atoms with E-state index in [-0.39, 0.29) is 5.78 Å². The monoisotopic (exact) mass is 332 g/mol. The van der Waals surface area contributed by atoms with Gasteiger partial charge in [0.1, 0.15) is 12.4 Å². The molecule has 0 fully saturated rings. The fourth-order valence-corrected chi connectivity index (χ4v) is 2.52. The fourth-order valence-electron chi connectivity index (χ4n) is 2.52. The van der Waals surface area contributed by atoms with Crippen molar-refractivity contribution in [1.29, 1.82) is 0 Å². The summed E-state index contributed by atoms with van der Waals surface area (Å²) in [5.74, 6) is 0.755. The number of aryl methyl sites for hydroxylation is 2. The minimum atomic E-state index is -0.0463. The molecule has 0 bridgehead atoms. The van der Waals surface area contributed by atoms with Gasteiger partial charge in [0.25, 0.3) is 0 Å². The van der Waals surface area contributed by atoms with Gasteiger partial charge >= 0.3 is 0 Å². The van der Waals surface area contributed by atoms with Gasteiger partial charge in [-0.1, -0.05) is 48.5 Å². The van der Waals surface area contributed by atoms with Crippen LogP contribution in [0, 0.1) is 6.92 Å². The summed E-state index contributed by atoms with van der Waals surface area (Å²) in [6, 6.07) is 17.7. The topological polar surface area (TPSA) is 44.1 Å². The van der Waals surface area contributed by atoms with Crippen LogP contribution in [-0.2, 0) is 13.7 Å². The molecule has 2 aromatic carbocycles. The van der Waals surface area contributed by atoms with E-state index < -0.39 is 0 Å². The van der Waals surface area contributed by atoms with Gasteiger partial charge in [0.05, 0.1) is 11.3 Å². The zero-order chi connectivity index (χ0) is 17.6. The molecule has 0 aliphatic rings. The quantitative estimate of drug-likeness (QED) is 0.502. The van der Waals surface area contributed by atoms with Gasteiger partial charge < -0.3 is 4.74 Å². The van der Waals surface area contributed by atoms with Gasteiger partial charge in [-0.3, -0.25) is 9.48 Å². The van der Waals surface area contributed by atoms with Crippen molar-refractivity contribution >= 4 is 11.9 Å². The lowest BCUT2D eigenvalue weighted by Gasteiger charge is -2.06. The van der Waals surface area contributed by atoms with Crippen molar-refractivity contribution in [1.82, 2.24) is 9.78 Å². The lowest BCUT2D eigenvalue weighted by Crippen LogP contribution is -1.95. The molecule has 0 saturated carbocycles. The van der Waals surface area contributed by atoms with Crippen LogP contribution in [-0.4, -0.2) is 15.6 Å². The number of carbonyl (C=O) groups is 1. The van der Waals surface area contributed by atoms with Crippen LogP contribution < -0.4 is 4.74 Å². The smallest absolute Gasteiger partial charge is 0.189 e. The van der Waals surface area contributed by atoms with Gasteiger partial charge in [0.2, 0.25) is 0 Å². The van der Waals surface area contributed by atoms with E-state index in [0.29, 0.717) is 12.2 Å². The van der Waals surface area contributed by atoms with Crippen LogP contribution in [0.3, 0.4) is 0 Å². The van der Waals surface area contributed by atoms with Crippen LogP contribution >= 0.6 is 0 Å². The van der Waals surface area contributed by atoms with Crippen LogP contribution in [0.2, 0.25) is 0 Å². The molecule has 0 N–H and O–H groups in total. The molecular formula is C21H20N2O2. The van der Waals surface area contributed by atoms with E-state index in [1.807, 2.05) is 68.6 Å². The van der Waals surface area contributed by atoms with Crippen LogP contribution in [0.1, 0.15) is 27.2 Å². The van der Waals surface area contributed by atoms with Crippen molar-refractivity contribution in [3.8, 4) is 5.75 Å². The first-order valence-corrected chi connectivity index (χ1v) is 8.11. The summed E-state index contributed by atoms with van der Waals surface area (Å²) >= 11 is 0. The molecule has 4 heteroatoms. The average Bonchev–Trinajstić information content (AvgIpc) is 2.98. The molecule has 0 amide bonds. The second kappa shape index (κ2) is 7.62. The number of aromatic nitrogens is 2. The Morgan fingerprint density at radius 1 is 1.12 bits per heavy atom. The zero-order valence-corrected chi connectivity index (χ0v) is 14.3. The first-order chi connectivity index (χ1) is 12.1. The Morgan fingerprint density at radius 3 is 2.48 bits per heavy atom. The Labute approximate surface area is 147 Å². The maximum Gasteiger partial charge on any atom is 0.189 e. The number of ether oxygens (including phenoxy) is 1. The van der Waals surface area contributed by atoms with Gasteiger partial charge in [-0.25, -0.2) is 0 Å². The second-order valence-electron chi connectivity index (χ2n) is 5.84. The molecule has 0 spiro atoms. The second-order valence-corrected chi connectivity index (χ2v) is 5.84. The molecule has 0 radical (unpaired) electrons. The van der Waals surface area contributed by atoms with Crippen LogP contribution in [0.25, 0.3) is 6.08 Å². The SMILES string of the molecule is Cc1nn(C)cc1C(=O)/C=C/c1ccc(OCc2ccccc2)cc1. The molecule has 4 nitrogen and oxygen atoms in total. The predicted molar refractivity (Wildman–Crippen MR) is 98.5 cm³/mol. The van der Waals surface area contributed by atoms with Crippen molar-refractivity contribution in [2.45, 2.75) is 13.5 Å². The third-order valence-electron chi connectivity index (χ3n) is 3.83. The first kappa shape index (κ1) is 16.7. The standard InChI is InChI=1S/C21H20N2O2/c1-16-20(14-23(2)22-16)21(24)13-10-17-8-11-19(12-9-17)25-15-18-6-4-3-5-7-18/h3-14H,15H2,1-2H3/b13-10+. The number of nitrogens with zero attached hydrogens (tertiary/aromatic N) is 2. The highest BCUT2D eigenvalue weighted by molar-refractivity contribution is 6.07. The molecule has 0 unspecified atom stereocenters. The maximum absolute atomic E-state index is 12.2. The molecule has 126 valence electrons. The van der Waals surface area contributed by atoms with Gasteiger partial charge in [-0.05, 0) is 36.3 Å². The van der Waals surface area contributed by atoms with E-state index in [9.17, 15) is 4.79 Å². The van der Waals surface area contributed by atoms with Crippen molar-refractivity contribution in [3.63, 3.8) is 0 Å². The summed E-state index contributed by atoms with van der Waals surface area (Å²) in [6.07, 6.45) is 5.11. The lowest BCUT2D eigenvalue weighted by atomic mass is 10.1. The fraction of sp³-hybridized carbons (Fsp3) is 0.143. The van der Waals surface area contributed by atoms with Gasteiger partial charge in [0, 0.05) is 13.2 Å².